The predicted molar refractivity (Wildman–Crippen MR) is 110 cm³/mol. The molecule has 27 heavy (non-hydrogen) atoms. The Bertz CT molecular complexity index is 731. The van der Waals surface area contributed by atoms with Crippen LogP contribution in [0.2, 0.25) is 0 Å². The lowest BCUT2D eigenvalue weighted by Crippen LogP contribution is -2.44. The van der Waals surface area contributed by atoms with E-state index in [9.17, 15) is 4.79 Å². The summed E-state index contributed by atoms with van der Waals surface area (Å²) in [6, 6.07) is 5.81. The maximum atomic E-state index is 12.3. The predicted octanol–water partition coefficient (Wildman–Crippen LogP) is 1.51. The summed E-state index contributed by atoms with van der Waals surface area (Å²) >= 11 is 1.74. The smallest absolute Gasteiger partial charge is 0.241 e. The number of thiazole rings is 1. The lowest BCUT2D eigenvalue weighted by atomic mass is 10.2. The number of aromatic nitrogens is 2. The van der Waals surface area contributed by atoms with Gasteiger partial charge in [-0.2, -0.15) is 0 Å². The molecule has 0 atom stereocenters. The Labute approximate surface area is 164 Å². The van der Waals surface area contributed by atoms with E-state index in [0.717, 1.165) is 36.5 Å². The average molecular weight is 389 g/mol. The standard InChI is InChI=1S/C19H28N6OS/c1-4-16-13-23-17(27-16)8-11-22-19(20-2)24-14-18(26)25(3)12-9-15-7-5-6-10-21-15/h5-7,10,13H,4,8-9,11-12,14H2,1-3H3,(H2,20,22,24). The Morgan fingerprint density at radius 3 is 2.78 bits per heavy atom. The van der Waals surface area contributed by atoms with Crippen LogP contribution in [0, 0.1) is 0 Å². The molecule has 0 fully saturated rings. The van der Waals surface area contributed by atoms with E-state index in [-0.39, 0.29) is 12.5 Å². The molecular weight excluding hydrogens is 360 g/mol. The summed E-state index contributed by atoms with van der Waals surface area (Å²) in [6.07, 6.45) is 6.30. The highest BCUT2D eigenvalue weighted by Gasteiger charge is 2.10. The molecule has 2 aromatic heterocycles. The van der Waals surface area contributed by atoms with Gasteiger partial charge in [-0.25, -0.2) is 4.98 Å². The first-order valence-corrected chi connectivity index (χ1v) is 9.96. The molecule has 0 spiro atoms. The van der Waals surface area contributed by atoms with Crippen molar-refractivity contribution in [3.63, 3.8) is 0 Å². The number of aliphatic imine (C=N–C) groups is 1. The van der Waals surface area contributed by atoms with Crippen LogP contribution in [0.4, 0.5) is 0 Å². The summed E-state index contributed by atoms with van der Waals surface area (Å²) in [7, 11) is 3.50. The van der Waals surface area contributed by atoms with Crippen LogP contribution in [0.3, 0.4) is 0 Å². The Balaban J connectivity index is 1.67. The molecule has 2 rings (SSSR count). The van der Waals surface area contributed by atoms with Crippen molar-refractivity contribution in [2.45, 2.75) is 26.2 Å². The van der Waals surface area contributed by atoms with Gasteiger partial charge in [0.25, 0.3) is 0 Å². The molecule has 0 bridgehead atoms. The Hall–Kier alpha value is -2.48. The van der Waals surface area contributed by atoms with Crippen LogP contribution >= 0.6 is 11.3 Å². The highest BCUT2D eigenvalue weighted by atomic mass is 32.1. The third-order valence-corrected chi connectivity index (χ3v) is 5.27. The van der Waals surface area contributed by atoms with Crippen molar-refractivity contribution in [1.82, 2.24) is 25.5 Å². The second-order valence-corrected chi connectivity index (χ2v) is 7.26. The van der Waals surface area contributed by atoms with E-state index >= 15 is 0 Å². The first-order valence-electron chi connectivity index (χ1n) is 9.14. The molecule has 0 aromatic carbocycles. The summed E-state index contributed by atoms with van der Waals surface area (Å²) < 4.78 is 0. The number of nitrogens with one attached hydrogen (secondary N) is 2. The SMILES string of the molecule is CCc1cnc(CCNC(=NC)NCC(=O)N(C)CCc2ccccn2)s1. The van der Waals surface area contributed by atoms with Gasteiger partial charge in [-0.15, -0.1) is 11.3 Å². The number of likely N-dealkylation sites (N-methyl/N-ethyl adjacent to an activating group) is 1. The summed E-state index contributed by atoms with van der Waals surface area (Å²) in [4.78, 5) is 28.1. The molecule has 2 heterocycles. The van der Waals surface area contributed by atoms with Gasteiger partial charge < -0.3 is 15.5 Å². The number of nitrogens with zero attached hydrogens (tertiary/aromatic N) is 4. The fraction of sp³-hybridized carbons (Fsp3) is 0.474. The number of guanidine groups is 1. The fourth-order valence-corrected chi connectivity index (χ4v) is 3.24. The Morgan fingerprint density at radius 1 is 1.26 bits per heavy atom. The van der Waals surface area contributed by atoms with Gasteiger partial charge >= 0.3 is 0 Å². The molecule has 0 aliphatic carbocycles. The Kier molecular flexibility index (Phi) is 8.70. The fourth-order valence-electron chi connectivity index (χ4n) is 2.38. The summed E-state index contributed by atoms with van der Waals surface area (Å²) in [5.41, 5.74) is 0.982. The Morgan fingerprint density at radius 2 is 2.11 bits per heavy atom. The van der Waals surface area contributed by atoms with Crippen LogP contribution in [0.15, 0.2) is 35.6 Å². The largest absolute Gasteiger partial charge is 0.356 e. The summed E-state index contributed by atoms with van der Waals surface area (Å²) in [5.74, 6) is 0.634. The zero-order valence-electron chi connectivity index (χ0n) is 16.2. The molecule has 0 radical (unpaired) electrons. The van der Waals surface area contributed by atoms with Gasteiger partial charge in [-0.3, -0.25) is 14.8 Å². The van der Waals surface area contributed by atoms with Crippen LogP contribution < -0.4 is 10.6 Å². The van der Waals surface area contributed by atoms with Gasteiger partial charge in [0.15, 0.2) is 5.96 Å². The number of aryl methyl sites for hydroxylation is 1. The van der Waals surface area contributed by atoms with E-state index in [1.165, 1.54) is 4.88 Å². The van der Waals surface area contributed by atoms with E-state index in [1.54, 1.807) is 36.5 Å². The van der Waals surface area contributed by atoms with Gasteiger partial charge in [0.1, 0.15) is 0 Å². The zero-order chi connectivity index (χ0) is 19.5. The van der Waals surface area contributed by atoms with Crippen molar-refractivity contribution in [3.05, 3.63) is 46.2 Å². The first-order chi connectivity index (χ1) is 13.1. The van der Waals surface area contributed by atoms with E-state index in [2.05, 4.69) is 32.5 Å². The van der Waals surface area contributed by atoms with Crippen molar-refractivity contribution in [2.75, 3.05) is 33.7 Å². The number of amides is 1. The minimum Gasteiger partial charge on any atom is -0.356 e. The minimum absolute atomic E-state index is 0.0152. The van der Waals surface area contributed by atoms with Crippen LogP contribution in [0.5, 0.6) is 0 Å². The number of hydrogen-bond donors (Lipinski definition) is 2. The summed E-state index contributed by atoms with van der Waals surface area (Å²) in [5, 5.41) is 7.40. The number of carbonyl (C=O) groups is 1. The average Bonchev–Trinajstić information content (AvgIpc) is 3.17. The van der Waals surface area contributed by atoms with E-state index in [4.69, 9.17) is 0 Å². The molecule has 0 aliphatic rings. The van der Waals surface area contributed by atoms with Crippen LogP contribution in [0.25, 0.3) is 0 Å². The van der Waals surface area contributed by atoms with Crippen molar-refractivity contribution < 1.29 is 4.79 Å². The molecule has 0 saturated carbocycles. The minimum atomic E-state index is 0.0152. The second kappa shape index (κ2) is 11.3. The topological polar surface area (TPSA) is 82.5 Å². The van der Waals surface area contributed by atoms with E-state index in [1.807, 2.05) is 24.4 Å². The third-order valence-electron chi connectivity index (χ3n) is 4.07. The molecular formula is C19H28N6OS. The molecule has 2 N–H and O–H groups in total. The van der Waals surface area contributed by atoms with Gasteiger partial charge in [0.2, 0.25) is 5.91 Å². The van der Waals surface area contributed by atoms with Crippen LogP contribution in [-0.2, 0) is 24.1 Å². The van der Waals surface area contributed by atoms with Gasteiger partial charge in [0.05, 0.1) is 11.6 Å². The van der Waals surface area contributed by atoms with Gasteiger partial charge in [0, 0.05) is 63.0 Å². The van der Waals surface area contributed by atoms with Gasteiger partial charge in [-0.1, -0.05) is 13.0 Å². The quantitative estimate of drug-likeness (QED) is 0.503. The molecule has 146 valence electrons. The molecule has 8 heteroatoms. The lowest BCUT2D eigenvalue weighted by molar-refractivity contribution is -0.128. The highest BCUT2D eigenvalue weighted by molar-refractivity contribution is 7.11. The zero-order valence-corrected chi connectivity index (χ0v) is 17.1. The van der Waals surface area contributed by atoms with Crippen molar-refractivity contribution in [2.24, 2.45) is 4.99 Å². The first kappa shape index (κ1) is 20.8. The second-order valence-electron chi connectivity index (χ2n) is 6.06. The van der Waals surface area contributed by atoms with Crippen molar-refractivity contribution in [3.8, 4) is 0 Å². The molecule has 0 unspecified atom stereocenters. The maximum Gasteiger partial charge on any atom is 0.241 e. The lowest BCUT2D eigenvalue weighted by Gasteiger charge is -2.18. The number of hydrogen-bond acceptors (Lipinski definition) is 5. The van der Waals surface area contributed by atoms with Crippen molar-refractivity contribution >= 4 is 23.2 Å². The third kappa shape index (κ3) is 7.34. The van der Waals surface area contributed by atoms with Crippen LogP contribution in [0.1, 0.15) is 22.5 Å². The molecule has 0 saturated heterocycles. The molecule has 7 nitrogen and oxygen atoms in total. The monoisotopic (exact) mass is 388 g/mol. The van der Waals surface area contributed by atoms with Crippen LogP contribution in [-0.4, -0.2) is 60.5 Å². The normalized spacial score (nSPS) is 11.3. The van der Waals surface area contributed by atoms with Crippen molar-refractivity contribution in [1.29, 1.82) is 0 Å². The summed E-state index contributed by atoms with van der Waals surface area (Å²) in [6.45, 7) is 3.69. The van der Waals surface area contributed by atoms with E-state index in [0.29, 0.717) is 12.5 Å². The van der Waals surface area contributed by atoms with Gasteiger partial charge in [-0.05, 0) is 18.6 Å². The molecule has 2 aromatic rings. The number of carbonyl (C=O) groups excluding carboxylic acids is 1. The number of pyridine rings is 1. The molecule has 0 aliphatic heterocycles. The number of rotatable bonds is 9. The maximum absolute atomic E-state index is 12.3. The molecule has 1 amide bonds. The van der Waals surface area contributed by atoms with E-state index < -0.39 is 0 Å². The highest BCUT2D eigenvalue weighted by Crippen LogP contribution is 2.13.